The van der Waals surface area contributed by atoms with Gasteiger partial charge in [-0.3, -0.25) is 0 Å². The van der Waals surface area contributed by atoms with Crippen LogP contribution >= 0.6 is 0 Å². The van der Waals surface area contributed by atoms with Crippen LogP contribution in [0.15, 0.2) is 24.3 Å². The van der Waals surface area contributed by atoms with Gasteiger partial charge in [0.2, 0.25) is 0 Å². The highest BCUT2D eigenvalue weighted by Crippen LogP contribution is 2.18. The molecule has 2 nitrogen and oxygen atoms in total. The van der Waals surface area contributed by atoms with Crippen molar-refractivity contribution in [3.63, 3.8) is 0 Å². The Morgan fingerprint density at radius 1 is 1.31 bits per heavy atom. The van der Waals surface area contributed by atoms with Crippen LogP contribution in [0, 0.1) is 6.92 Å². The molecule has 1 saturated carbocycles. The first-order valence-corrected chi connectivity index (χ1v) is 6.27. The third-order valence-electron chi connectivity index (χ3n) is 3.19. The highest BCUT2D eigenvalue weighted by atomic mass is 15.0. The summed E-state index contributed by atoms with van der Waals surface area (Å²) in [5, 5.41) is 7.11. The molecule has 16 heavy (non-hydrogen) atoms. The molecule has 0 aliphatic heterocycles. The Hall–Kier alpha value is -0.860. The average molecular weight is 218 g/mol. The second kappa shape index (κ2) is 5.46. The summed E-state index contributed by atoms with van der Waals surface area (Å²) < 4.78 is 0. The van der Waals surface area contributed by atoms with Crippen LogP contribution in [0.2, 0.25) is 0 Å². The van der Waals surface area contributed by atoms with Gasteiger partial charge in [-0.05, 0) is 37.8 Å². The molecule has 2 rings (SSSR count). The predicted octanol–water partition coefficient (Wildman–Crippen LogP) is 2.23. The summed E-state index contributed by atoms with van der Waals surface area (Å²) in [6, 6.07) is 9.92. The lowest BCUT2D eigenvalue weighted by molar-refractivity contribution is 0.499. The number of benzene rings is 1. The summed E-state index contributed by atoms with van der Waals surface area (Å²) in [6.07, 6.45) is 2.73. The fraction of sp³-hybridized carbons (Fsp3) is 0.571. The monoisotopic (exact) mass is 218 g/mol. The van der Waals surface area contributed by atoms with Crippen molar-refractivity contribution in [3.8, 4) is 0 Å². The van der Waals surface area contributed by atoms with E-state index in [0.717, 1.165) is 19.1 Å². The van der Waals surface area contributed by atoms with Gasteiger partial charge in [0, 0.05) is 25.2 Å². The second-order valence-electron chi connectivity index (χ2n) is 4.89. The van der Waals surface area contributed by atoms with Crippen LogP contribution in [0.3, 0.4) is 0 Å². The summed E-state index contributed by atoms with van der Waals surface area (Å²) in [6.45, 7) is 6.47. The molecule has 1 aromatic carbocycles. The predicted molar refractivity (Wildman–Crippen MR) is 68.5 cm³/mol. The first kappa shape index (κ1) is 11.6. The molecule has 1 aromatic rings. The molecule has 0 bridgehead atoms. The normalized spacial score (nSPS) is 17.4. The van der Waals surface area contributed by atoms with Gasteiger partial charge < -0.3 is 10.6 Å². The smallest absolute Gasteiger partial charge is 0.0211 e. The first-order valence-electron chi connectivity index (χ1n) is 6.27. The van der Waals surface area contributed by atoms with Crippen molar-refractivity contribution in [1.82, 2.24) is 10.6 Å². The van der Waals surface area contributed by atoms with E-state index in [2.05, 4.69) is 48.7 Å². The lowest BCUT2D eigenvalue weighted by atomic mass is 10.1. The molecular weight excluding hydrogens is 196 g/mol. The minimum absolute atomic E-state index is 0.542. The number of nitrogens with one attached hydrogen (secondary N) is 2. The van der Waals surface area contributed by atoms with E-state index < -0.39 is 0 Å². The number of hydrogen-bond donors (Lipinski definition) is 2. The zero-order chi connectivity index (χ0) is 11.4. The maximum absolute atomic E-state index is 3.56. The van der Waals surface area contributed by atoms with Gasteiger partial charge in [-0.15, -0.1) is 0 Å². The van der Waals surface area contributed by atoms with Crippen LogP contribution in [0.1, 0.15) is 30.9 Å². The van der Waals surface area contributed by atoms with Gasteiger partial charge in [0.25, 0.3) is 0 Å². The molecule has 0 amide bonds. The maximum atomic E-state index is 3.56. The van der Waals surface area contributed by atoms with Crippen molar-refractivity contribution in [2.45, 2.75) is 45.3 Å². The lowest BCUT2D eigenvalue weighted by Gasteiger charge is -2.15. The van der Waals surface area contributed by atoms with Crippen molar-refractivity contribution in [3.05, 3.63) is 35.4 Å². The molecule has 2 heteroatoms. The van der Waals surface area contributed by atoms with Crippen LogP contribution in [0.4, 0.5) is 0 Å². The number of aryl methyl sites for hydroxylation is 1. The zero-order valence-electron chi connectivity index (χ0n) is 10.3. The molecular formula is C14H22N2. The van der Waals surface area contributed by atoms with Gasteiger partial charge in [0.15, 0.2) is 0 Å². The Morgan fingerprint density at radius 2 is 2.06 bits per heavy atom. The fourth-order valence-electron chi connectivity index (χ4n) is 1.80. The third kappa shape index (κ3) is 3.62. The van der Waals surface area contributed by atoms with E-state index in [0.29, 0.717) is 6.04 Å². The van der Waals surface area contributed by atoms with Crippen molar-refractivity contribution < 1.29 is 0 Å². The van der Waals surface area contributed by atoms with E-state index in [1.165, 1.54) is 24.0 Å². The van der Waals surface area contributed by atoms with Crippen LogP contribution < -0.4 is 10.6 Å². The molecule has 0 radical (unpaired) electrons. The fourth-order valence-corrected chi connectivity index (χ4v) is 1.80. The first-order chi connectivity index (χ1) is 7.75. The van der Waals surface area contributed by atoms with E-state index in [1.54, 1.807) is 0 Å². The standard InChI is InChI=1S/C14H22N2/c1-11-5-3-4-6-13(11)10-15-12(2)9-16-14-7-8-14/h3-6,12,14-16H,7-10H2,1-2H3. The zero-order valence-corrected chi connectivity index (χ0v) is 10.3. The number of rotatable bonds is 6. The molecule has 0 heterocycles. The Labute approximate surface area is 98.4 Å². The van der Waals surface area contributed by atoms with Gasteiger partial charge >= 0.3 is 0 Å². The van der Waals surface area contributed by atoms with Crippen LogP contribution in [0.5, 0.6) is 0 Å². The van der Waals surface area contributed by atoms with Gasteiger partial charge in [-0.1, -0.05) is 24.3 Å². The van der Waals surface area contributed by atoms with Gasteiger partial charge in [-0.25, -0.2) is 0 Å². The Balaban J connectivity index is 1.71. The van der Waals surface area contributed by atoms with Crippen molar-refractivity contribution in [2.24, 2.45) is 0 Å². The Kier molecular flexibility index (Phi) is 3.97. The third-order valence-corrected chi connectivity index (χ3v) is 3.19. The Bertz CT molecular complexity index is 331. The van der Waals surface area contributed by atoms with E-state index in [9.17, 15) is 0 Å². The molecule has 88 valence electrons. The summed E-state index contributed by atoms with van der Waals surface area (Å²) in [7, 11) is 0. The maximum Gasteiger partial charge on any atom is 0.0211 e. The minimum Gasteiger partial charge on any atom is -0.312 e. The van der Waals surface area contributed by atoms with Gasteiger partial charge in [-0.2, -0.15) is 0 Å². The van der Waals surface area contributed by atoms with Gasteiger partial charge in [0.05, 0.1) is 0 Å². The SMILES string of the molecule is Cc1ccccc1CNC(C)CNC1CC1. The molecule has 0 spiro atoms. The highest BCUT2D eigenvalue weighted by Gasteiger charge is 2.20. The van der Waals surface area contributed by atoms with Crippen molar-refractivity contribution >= 4 is 0 Å². The summed E-state index contributed by atoms with van der Waals surface area (Å²) >= 11 is 0. The van der Waals surface area contributed by atoms with E-state index in [4.69, 9.17) is 0 Å². The molecule has 0 saturated heterocycles. The Morgan fingerprint density at radius 3 is 2.75 bits per heavy atom. The quantitative estimate of drug-likeness (QED) is 0.765. The molecule has 1 aliphatic carbocycles. The van der Waals surface area contributed by atoms with Crippen LogP contribution in [0.25, 0.3) is 0 Å². The molecule has 1 aliphatic rings. The molecule has 1 atom stereocenters. The topological polar surface area (TPSA) is 24.1 Å². The molecule has 2 N–H and O–H groups in total. The summed E-state index contributed by atoms with van der Waals surface area (Å²) in [5.41, 5.74) is 2.78. The number of hydrogen-bond acceptors (Lipinski definition) is 2. The lowest BCUT2D eigenvalue weighted by Crippen LogP contribution is -2.36. The van der Waals surface area contributed by atoms with Crippen molar-refractivity contribution in [1.29, 1.82) is 0 Å². The molecule has 1 unspecified atom stereocenters. The largest absolute Gasteiger partial charge is 0.312 e. The minimum atomic E-state index is 0.542. The summed E-state index contributed by atoms with van der Waals surface area (Å²) in [4.78, 5) is 0. The van der Waals surface area contributed by atoms with Crippen LogP contribution in [-0.4, -0.2) is 18.6 Å². The second-order valence-corrected chi connectivity index (χ2v) is 4.89. The van der Waals surface area contributed by atoms with E-state index in [1.807, 2.05) is 0 Å². The average Bonchev–Trinajstić information content (AvgIpc) is 3.09. The summed E-state index contributed by atoms with van der Waals surface area (Å²) in [5.74, 6) is 0. The van der Waals surface area contributed by atoms with Crippen molar-refractivity contribution in [2.75, 3.05) is 6.54 Å². The van der Waals surface area contributed by atoms with E-state index >= 15 is 0 Å². The van der Waals surface area contributed by atoms with Gasteiger partial charge in [0.1, 0.15) is 0 Å². The van der Waals surface area contributed by atoms with Crippen LogP contribution in [-0.2, 0) is 6.54 Å². The molecule has 0 aromatic heterocycles. The highest BCUT2D eigenvalue weighted by molar-refractivity contribution is 5.25. The van der Waals surface area contributed by atoms with E-state index in [-0.39, 0.29) is 0 Å². The molecule has 1 fully saturated rings.